The lowest BCUT2D eigenvalue weighted by Gasteiger charge is -2.24. The van der Waals surface area contributed by atoms with E-state index >= 15 is 0 Å². The van der Waals surface area contributed by atoms with E-state index in [1.54, 1.807) is 0 Å². The van der Waals surface area contributed by atoms with Gasteiger partial charge in [-0.05, 0) is 38.3 Å². The first-order valence-corrected chi connectivity index (χ1v) is 6.86. The van der Waals surface area contributed by atoms with E-state index in [4.69, 9.17) is 0 Å². The third kappa shape index (κ3) is 3.18. The largest absolute Gasteiger partial charge is 0.312 e. The van der Waals surface area contributed by atoms with Gasteiger partial charge in [-0.15, -0.1) is 0 Å². The summed E-state index contributed by atoms with van der Waals surface area (Å²) < 4.78 is 0. The molecule has 0 saturated carbocycles. The Morgan fingerprint density at radius 2 is 2.13 bits per heavy atom. The molecule has 2 unspecified atom stereocenters. The van der Waals surface area contributed by atoms with Gasteiger partial charge in [-0.1, -0.05) is 26.2 Å². The molecule has 0 spiro atoms. The molecule has 0 radical (unpaired) electrons. The molecule has 0 aliphatic carbocycles. The third-order valence-electron chi connectivity index (χ3n) is 4.00. The average Bonchev–Trinajstić information content (AvgIpc) is 2.67. The molecule has 88 valence electrons. The second-order valence-corrected chi connectivity index (χ2v) is 5.28. The Morgan fingerprint density at radius 3 is 2.93 bits per heavy atom. The van der Waals surface area contributed by atoms with Crippen molar-refractivity contribution in [2.24, 2.45) is 5.92 Å². The smallest absolute Gasteiger partial charge is 0.0235 e. The molecular weight excluding hydrogens is 184 g/mol. The fourth-order valence-corrected chi connectivity index (χ4v) is 3.08. The standard InChI is InChI=1S/C13H26N2/c1-2-3-4-5-9-15-10-12-7-6-8-14-13(12)11-15/h12-14H,2-11H2,1H3. The Hall–Kier alpha value is -0.0800. The molecule has 0 aromatic rings. The SMILES string of the molecule is CCCCCCN1CC2CCCNC2C1. The monoisotopic (exact) mass is 210 g/mol. The number of unbranched alkanes of at least 4 members (excludes halogenated alkanes) is 3. The highest BCUT2D eigenvalue weighted by molar-refractivity contribution is 4.91. The summed E-state index contributed by atoms with van der Waals surface area (Å²) in [7, 11) is 0. The van der Waals surface area contributed by atoms with Crippen LogP contribution >= 0.6 is 0 Å². The minimum atomic E-state index is 0.824. The first-order valence-electron chi connectivity index (χ1n) is 6.86. The maximum Gasteiger partial charge on any atom is 0.0235 e. The highest BCUT2D eigenvalue weighted by atomic mass is 15.2. The molecular formula is C13H26N2. The number of hydrogen-bond donors (Lipinski definition) is 1. The first kappa shape index (κ1) is 11.4. The molecule has 2 rings (SSSR count). The van der Waals surface area contributed by atoms with Crippen molar-refractivity contribution in [1.29, 1.82) is 0 Å². The molecule has 2 nitrogen and oxygen atoms in total. The molecule has 0 bridgehead atoms. The minimum Gasteiger partial charge on any atom is -0.312 e. The number of likely N-dealkylation sites (tertiary alicyclic amines) is 1. The van der Waals surface area contributed by atoms with Crippen LogP contribution in [-0.4, -0.2) is 37.1 Å². The van der Waals surface area contributed by atoms with Gasteiger partial charge < -0.3 is 10.2 Å². The minimum absolute atomic E-state index is 0.824. The second-order valence-electron chi connectivity index (χ2n) is 5.28. The molecule has 2 aliphatic rings. The van der Waals surface area contributed by atoms with E-state index in [1.807, 2.05) is 0 Å². The van der Waals surface area contributed by atoms with Crippen molar-refractivity contribution >= 4 is 0 Å². The van der Waals surface area contributed by atoms with Crippen LogP contribution < -0.4 is 5.32 Å². The van der Waals surface area contributed by atoms with Gasteiger partial charge >= 0.3 is 0 Å². The van der Waals surface area contributed by atoms with Crippen LogP contribution in [0.3, 0.4) is 0 Å². The lowest BCUT2D eigenvalue weighted by Crippen LogP contribution is -2.40. The molecule has 2 atom stereocenters. The Labute approximate surface area is 94.4 Å². The Balaban J connectivity index is 1.63. The average molecular weight is 210 g/mol. The summed E-state index contributed by atoms with van der Waals surface area (Å²) in [4.78, 5) is 2.68. The lowest BCUT2D eigenvalue weighted by atomic mass is 9.94. The summed E-state index contributed by atoms with van der Waals surface area (Å²) in [6, 6.07) is 0.824. The predicted molar refractivity (Wildman–Crippen MR) is 65.1 cm³/mol. The second kappa shape index (κ2) is 5.86. The van der Waals surface area contributed by atoms with Gasteiger partial charge in [0.25, 0.3) is 0 Å². The molecule has 2 fully saturated rings. The molecule has 2 heterocycles. The summed E-state index contributed by atoms with van der Waals surface area (Å²) in [5.74, 6) is 0.963. The Morgan fingerprint density at radius 1 is 1.20 bits per heavy atom. The Bertz CT molecular complexity index is 167. The van der Waals surface area contributed by atoms with E-state index in [1.165, 1.54) is 64.7 Å². The van der Waals surface area contributed by atoms with Crippen LogP contribution in [0, 0.1) is 5.92 Å². The van der Waals surface area contributed by atoms with Gasteiger partial charge in [-0.25, -0.2) is 0 Å². The fourth-order valence-electron chi connectivity index (χ4n) is 3.08. The zero-order chi connectivity index (χ0) is 10.5. The van der Waals surface area contributed by atoms with Crippen molar-refractivity contribution < 1.29 is 0 Å². The summed E-state index contributed by atoms with van der Waals surface area (Å²) in [5.41, 5.74) is 0. The number of piperidine rings is 1. The van der Waals surface area contributed by atoms with E-state index < -0.39 is 0 Å². The number of rotatable bonds is 5. The van der Waals surface area contributed by atoms with Crippen molar-refractivity contribution in [3.63, 3.8) is 0 Å². The van der Waals surface area contributed by atoms with Crippen LogP contribution in [0.25, 0.3) is 0 Å². The molecule has 0 amide bonds. The van der Waals surface area contributed by atoms with Gasteiger partial charge in [0, 0.05) is 19.1 Å². The van der Waals surface area contributed by atoms with E-state index in [-0.39, 0.29) is 0 Å². The number of nitrogens with zero attached hydrogens (tertiary/aromatic N) is 1. The van der Waals surface area contributed by atoms with Crippen LogP contribution in [0.2, 0.25) is 0 Å². The molecule has 0 aromatic heterocycles. The summed E-state index contributed by atoms with van der Waals surface area (Å²) in [5, 5.41) is 3.67. The van der Waals surface area contributed by atoms with Crippen molar-refractivity contribution in [1.82, 2.24) is 10.2 Å². The zero-order valence-electron chi connectivity index (χ0n) is 10.2. The number of nitrogens with one attached hydrogen (secondary N) is 1. The van der Waals surface area contributed by atoms with Crippen LogP contribution in [0.1, 0.15) is 45.4 Å². The number of fused-ring (bicyclic) bond motifs is 1. The van der Waals surface area contributed by atoms with Crippen molar-refractivity contribution in [2.75, 3.05) is 26.2 Å². The van der Waals surface area contributed by atoms with Gasteiger partial charge in [0.15, 0.2) is 0 Å². The highest BCUT2D eigenvalue weighted by Gasteiger charge is 2.33. The fraction of sp³-hybridized carbons (Fsp3) is 1.00. The first-order chi connectivity index (χ1) is 7.40. The topological polar surface area (TPSA) is 15.3 Å². The van der Waals surface area contributed by atoms with Crippen LogP contribution in [0.4, 0.5) is 0 Å². The molecule has 0 aromatic carbocycles. The van der Waals surface area contributed by atoms with E-state index in [9.17, 15) is 0 Å². The van der Waals surface area contributed by atoms with Gasteiger partial charge in [0.2, 0.25) is 0 Å². The van der Waals surface area contributed by atoms with E-state index in [2.05, 4.69) is 17.1 Å². The predicted octanol–water partition coefficient (Wildman–Crippen LogP) is 2.25. The number of hydrogen-bond acceptors (Lipinski definition) is 2. The molecule has 2 heteroatoms. The summed E-state index contributed by atoms with van der Waals surface area (Å²) in [6.45, 7) is 7.56. The van der Waals surface area contributed by atoms with Crippen molar-refractivity contribution in [2.45, 2.75) is 51.5 Å². The Kier molecular flexibility index (Phi) is 4.45. The highest BCUT2D eigenvalue weighted by Crippen LogP contribution is 2.24. The normalized spacial score (nSPS) is 31.8. The lowest BCUT2D eigenvalue weighted by molar-refractivity contribution is 0.311. The zero-order valence-corrected chi connectivity index (χ0v) is 10.2. The quantitative estimate of drug-likeness (QED) is 0.700. The molecule has 1 N–H and O–H groups in total. The van der Waals surface area contributed by atoms with E-state index in [0.717, 1.165) is 12.0 Å². The van der Waals surface area contributed by atoms with Crippen LogP contribution in [-0.2, 0) is 0 Å². The van der Waals surface area contributed by atoms with Crippen LogP contribution in [0.5, 0.6) is 0 Å². The van der Waals surface area contributed by atoms with Gasteiger partial charge in [0.1, 0.15) is 0 Å². The van der Waals surface area contributed by atoms with Gasteiger partial charge in [-0.2, -0.15) is 0 Å². The third-order valence-corrected chi connectivity index (χ3v) is 4.00. The van der Waals surface area contributed by atoms with Crippen molar-refractivity contribution in [3.05, 3.63) is 0 Å². The molecule has 15 heavy (non-hydrogen) atoms. The van der Waals surface area contributed by atoms with E-state index in [0.29, 0.717) is 0 Å². The van der Waals surface area contributed by atoms with Crippen molar-refractivity contribution in [3.8, 4) is 0 Å². The maximum atomic E-state index is 3.67. The molecule has 2 saturated heterocycles. The van der Waals surface area contributed by atoms with Gasteiger partial charge in [-0.3, -0.25) is 0 Å². The maximum absolute atomic E-state index is 3.67. The summed E-state index contributed by atoms with van der Waals surface area (Å²) >= 11 is 0. The molecule has 2 aliphatic heterocycles. The summed E-state index contributed by atoms with van der Waals surface area (Å²) in [6.07, 6.45) is 8.46. The van der Waals surface area contributed by atoms with Gasteiger partial charge in [0.05, 0.1) is 0 Å². The van der Waals surface area contributed by atoms with Crippen LogP contribution in [0.15, 0.2) is 0 Å².